The summed E-state index contributed by atoms with van der Waals surface area (Å²) in [6, 6.07) is 9.43. The highest BCUT2D eigenvalue weighted by molar-refractivity contribution is 6.30. The van der Waals surface area contributed by atoms with Crippen molar-refractivity contribution in [2.24, 2.45) is 0 Å². The van der Waals surface area contributed by atoms with Crippen LogP contribution < -0.4 is 10.9 Å². The molecule has 0 radical (unpaired) electrons. The van der Waals surface area contributed by atoms with E-state index >= 15 is 0 Å². The number of imide groups is 1. The number of nitrogens with zero attached hydrogens (tertiary/aromatic N) is 3. The fourth-order valence-corrected chi connectivity index (χ4v) is 3.42. The molecule has 1 N–H and O–H groups in total. The van der Waals surface area contributed by atoms with Crippen molar-refractivity contribution in [1.82, 2.24) is 19.6 Å². The first-order valence-electron chi connectivity index (χ1n) is 8.36. The van der Waals surface area contributed by atoms with E-state index in [1.807, 2.05) is 0 Å². The van der Waals surface area contributed by atoms with Gasteiger partial charge >= 0.3 is 6.03 Å². The summed E-state index contributed by atoms with van der Waals surface area (Å²) in [5, 5.41) is 2.91. The van der Waals surface area contributed by atoms with Crippen LogP contribution in [0.3, 0.4) is 0 Å². The van der Waals surface area contributed by atoms with Crippen molar-refractivity contribution in [3.8, 4) is 0 Å². The molecule has 1 aromatic carbocycles. The normalized spacial score (nSPS) is 19.3. The number of halogens is 2. The minimum absolute atomic E-state index is 0.0667. The van der Waals surface area contributed by atoms with Gasteiger partial charge in [0.05, 0.1) is 17.3 Å². The molecular weight excluding hydrogens is 387 g/mol. The van der Waals surface area contributed by atoms with Crippen molar-refractivity contribution in [3.63, 3.8) is 0 Å². The lowest BCUT2D eigenvalue weighted by atomic mass is 9.91. The van der Waals surface area contributed by atoms with Crippen molar-refractivity contribution < 1.29 is 14.0 Å². The quantitative estimate of drug-likeness (QED) is 0.684. The molecule has 142 valence electrons. The fourth-order valence-electron chi connectivity index (χ4n) is 3.26. The predicted molar refractivity (Wildman–Crippen MR) is 99.3 cm³/mol. The summed E-state index contributed by atoms with van der Waals surface area (Å²) in [5.74, 6) is -1.22. The van der Waals surface area contributed by atoms with Gasteiger partial charge in [-0.3, -0.25) is 18.9 Å². The van der Waals surface area contributed by atoms with E-state index in [2.05, 4.69) is 10.3 Å². The first kappa shape index (κ1) is 18.1. The van der Waals surface area contributed by atoms with E-state index in [1.54, 1.807) is 18.2 Å². The van der Waals surface area contributed by atoms with Gasteiger partial charge in [-0.1, -0.05) is 29.8 Å². The van der Waals surface area contributed by atoms with E-state index in [1.165, 1.54) is 41.8 Å². The predicted octanol–water partition coefficient (Wildman–Crippen LogP) is 2.45. The Bertz CT molecular complexity index is 1200. The molecule has 4 rings (SSSR count). The zero-order valence-corrected chi connectivity index (χ0v) is 15.4. The molecule has 0 aliphatic carbocycles. The third-order valence-electron chi connectivity index (χ3n) is 4.68. The van der Waals surface area contributed by atoms with Crippen LogP contribution in [0.25, 0.3) is 5.65 Å². The average Bonchev–Trinajstić information content (AvgIpc) is 2.87. The van der Waals surface area contributed by atoms with E-state index in [-0.39, 0.29) is 17.8 Å². The van der Waals surface area contributed by atoms with Crippen LogP contribution in [0.15, 0.2) is 53.5 Å². The van der Waals surface area contributed by atoms with Crippen molar-refractivity contribution >= 4 is 29.2 Å². The number of benzene rings is 1. The molecular formula is C19H14ClFN4O3. The van der Waals surface area contributed by atoms with Crippen molar-refractivity contribution in [2.45, 2.75) is 19.0 Å². The van der Waals surface area contributed by atoms with Gasteiger partial charge in [0.25, 0.3) is 11.5 Å². The summed E-state index contributed by atoms with van der Waals surface area (Å²) in [6.07, 6.45) is 1.43. The second-order valence-corrected chi connectivity index (χ2v) is 7.02. The number of carbonyl (C=O) groups excluding carboxylic acids is 2. The number of hydrogen-bond donors (Lipinski definition) is 1. The van der Waals surface area contributed by atoms with Crippen LogP contribution in [0.2, 0.25) is 5.02 Å². The molecule has 7 nitrogen and oxygen atoms in total. The maximum Gasteiger partial charge on any atom is 0.325 e. The molecule has 1 aliphatic heterocycles. The molecule has 1 atom stereocenters. The van der Waals surface area contributed by atoms with E-state index in [9.17, 15) is 18.8 Å². The minimum Gasteiger partial charge on any atom is -0.319 e. The van der Waals surface area contributed by atoms with Crippen molar-refractivity contribution in [2.75, 3.05) is 0 Å². The summed E-state index contributed by atoms with van der Waals surface area (Å²) in [7, 11) is 0. The Hall–Kier alpha value is -3.26. The number of fused-ring (bicyclic) bond motifs is 1. The summed E-state index contributed by atoms with van der Waals surface area (Å²) >= 11 is 5.88. The van der Waals surface area contributed by atoms with E-state index in [4.69, 9.17) is 11.6 Å². The van der Waals surface area contributed by atoms with Crippen LogP contribution in [0.5, 0.6) is 0 Å². The Balaban J connectivity index is 1.69. The minimum atomic E-state index is -1.54. The number of carbonyl (C=O) groups is 2. The van der Waals surface area contributed by atoms with Crippen LogP contribution >= 0.6 is 11.6 Å². The fraction of sp³-hybridized carbons (Fsp3) is 0.158. The lowest BCUT2D eigenvalue weighted by Crippen LogP contribution is -2.41. The molecule has 3 amide bonds. The topological polar surface area (TPSA) is 83.8 Å². The van der Waals surface area contributed by atoms with Gasteiger partial charge in [0, 0.05) is 17.8 Å². The smallest absolute Gasteiger partial charge is 0.319 e. The van der Waals surface area contributed by atoms with Crippen LogP contribution in [0.4, 0.5) is 9.18 Å². The van der Waals surface area contributed by atoms with Gasteiger partial charge in [0.2, 0.25) is 0 Å². The Morgan fingerprint density at radius 1 is 1.18 bits per heavy atom. The zero-order valence-electron chi connectivity index (χ0n) is 14.6. The molecule has 1 saturated heterocycles. The molecule has 0 saturated carbocycles. The molecule has 0 bridgehead atoms. The molecule has 3 aromatic rings. The van der Waals surface area contributed by atoms with Gasteiger partial charge in [0.1, 0.15) is 17.0 Å². The largest absolute Gasteiger partial charge is 0.325 e. The third kappa shape index (κ3) is 2.82. The number of urea groups is 1. The van der Waals surface area contributed by atoms with Crippen LogP contribution in [-0.4, -0.2) is 26.2 Å². The molecule has 9 heteroatoms. The maximum absolute atomic E-state index is 14.2. The molecule has 1 aliphatic rings. The molecule has 3 heterocycles. The van der Waals surface area contributed by atoms with Gasteiger partial charge in [0.15, 0.2) is 0 Å². The summed E-state index contributed by atoms with van der Waals surface area (Å²) in [5.41, 5.74) is -1.31. The molecule has 0 spiro atoms. The van der Waals surface area contributed by atoms with Gasteiger partial charge in [-0.2, -0.15) is 0 Å². The number of rotatable bonds is 3. The first-order chi connectivity index (χ1) is 13.3. The lowest BCUT2D eigenvalue weighted by Gasteiger charge is -2.22. The van der Waals surface area contributed by atoms with Crippen molar-refractivity contribution in [3.05, 3.63) is 81.1 Å². The van der Waals surface area contributed by atoms with Crippen LogP contribution in [0.1, 0.15) is 18.2 Å². The number of pyridine rings is 1. The SMILES string of the molecule is CC1(c2ccccc2F)NC(=O)N(Cc2cc(=O)n3cc(Cl)ccc3n2)C1=O. The highest BCUT2D eigenvalue weighted by Crippen LogP contribution is 2.31. The maximum atomic E-state index is 14.2. The summed E-state index contributed by atoms with van der Waals surface area (Å²) < 4.78 is 15.5. The molecule has 1 fully saturated rings. The summed E-state index contributed by atoms with van der Waals surface area (Å²) in [4.78, 5) is 42.9. The Kier molecular flexibility index (Phi) is 4.15. The summed E-state index contributed by atoms with van der Waals surface area (Å²) in [6.45, 7) is 1.22. The highest BCUT2D eigenvalue weighted by Gasteiger charge is 2.50. The Labute approximate surface area is 163 Å². The third-order valence-corrected chi connectivity index (χ3v) is 4.91. The average molecular weight is 401 g/mol. The van der Waals surface area contributed by atoms with E-state index in [0.717, 1.165) is 4.90 Å². The van der Waals surface area contributed by atoms with Crippen LogP contribution in [-0.2, 0) is 16.9 Å². The standard InChI is InChI=1S/C19H14ClFN4O3/c1-19(13-4-2-3-5-14(13)21)17(27)25(18(28)23-19)10-12-8-16(26)24-9-11(20)6-7-15(24)22-12/h2-9H,10H2,1H3,(H,23,28). The highest BCUT2D eigenvalue weighted by atomic mass is 35.5. The lowest BCUT2D eigenvalue weighted by molar-refractivity contribution is -0.131. The van der Waals surface area contributed by atoms with Gasteiger partial charge in [-0.25, -0.2) is 14.2 Å². The number of hydrogen-bond acceptors (Lipinski definition) is 4. The number of aromatic nitrogens is 2. The zero-order chi connectivity index (χ0) is 20.1. The number of nitrogens with one attached hydrogen (secondary N) is 1. The van der Waals surface area contributed by atoms with E-state index in [0.29, 0.717) is 10.7 Å². The molecule has 2 aromatic heterocycles. The van der Waals surface area contributed by atoms with Gasteiger partial charge < -0.3 is 5.32 Å². The molecule has 1 unspecified atom stereocenters. The Morgan fingerprint density at radius 3 is 2.68 bits per heavy atom. The monoisotopic (exact) mass is 400 g/mol. The Morgan fingerprint density at radius 2 is 1.93 bits per heavy atom. The van der Waals surface area contributed by atoms with E-state index < -0.39 is 28.9 Å². The van der Waals surface area contributed by atoms with Gasteiger partial charge in [-0.15, -0.1) is 0 Å². The van der Waals surface area contributed by atoms with Crippen LogP contribution in [0, 0.1) is 5.82 Å². The molecule has 28 heavy (non-hydrogen) atoms. The van der Waals surface area contributed by atoms with Gasteiger partial charge in [-0.05, 0) is 25.1 Å². The number of amides is 3. The second kappa shape index (κ2) is 6.42. The van der Waals surface area contributed by atoms with Crippen molar-refractivity contribution in [1.29, 1.82) is 0 Å². The first-order valence-corrected chi connectivity index (χ1v) is 8.74. The second-order valence-electron chi connectivity index (χ2n) is 6.59.